The maximum atomic E-state index is 10.2. The molecular formula is C17H20ClNO3. The Hall–Kier alpha value is -2.07. The van der Waals surface area contributed by atoms with Crippen LogP contribution < -0.4 is 14.8 Å². The first-order valence-corrected chi connectivity index (χ1v) is 7.46. The van der Waals surface area contributed by atoms with Gasteiger partial charge in [0, 0.05) is 23.2 Å². The number of anilines is 1. The normalized spacial score (nSPS) is 10.4. The van der Waals surface area contributed by atoms with Gasteiger partial charge < -0.3 is 19.9 Å². The Labute approximate surface area is 135 Å². The summed E-state index contributed by atoms with van der Waals surface area (Å²) in [6, 6.07) is 9.14. The SMILES string of the molecule is CCOc1cccc(CNc2cc(C)c(Cl)cc2OC)c1O. The van der Waals surface area contributed by atoms with Crippen molar-refractivity contribution in [2.75, 3.05) is 19.0 Å². The number of halogens is 1. The smallest absolute Gasteiger partial charge is 0.162 e. The number of benzene rings is 2. The van der Waals surface area contributed by atoms with Crippen LogP contribution in [0.5, 0.6) is 17.2 Å². The van der Waals surface area contributed by atoms with Crippen LogP contribution in [0.1, 0.15) is 18.1 Å². The molecule has 2 aromatic carbocycles. The third-order valence-corrected chi connectivity index (χ3v) is 3.74. The molecule has 5 heteroatoms. The van der Waals surface area contributed by atoms with Crippen LogP contribution in [0.4, 0.5) is 5.69 Å². The minimum Gasteiger partial charge on any atom is -0.504 e. The van der Waals surface area contributed by atoms with Gasteiger partial charge in [-0.2, -0.15) is 0 Å². The van der Waals surface area contributed by atoms with E-state index in [-0.39, 0.29) is 5.75 Å². The molecule has 0 aliphatic rings. The number of hydrogen-bond donors (Lipinski definition) is 2. The summed E-state index contributed by atoms with van der Waals surface area (Å²) in [5.41, 5.74) is 2.53. The van der Waals surface area contributed by atoms with E-state index in [1.807, 2.05) is 32.0 Å². The molecule has 0 fully saturated rings. The quantitative estimate of drug-likeness (QED) is 0.829. The molecule has 0 saturated heterocycles. The lowest BCUT2D eigenvalue weighted by molar-refractivity contribution is 0.317. The number of aromatic hydroxyl groups is 1. The van der Waals surface area contributed by atoms with E-state index in [9.17, 15) is 5.11 Å². The topological polar surface area (TPSA) is 50.7 Å². The first kappa shape index (κ1) is 16.3. The standard InChI is InChI=1S/C17H20ClNO3/c1-4-22-15-7-5-6-12(17(15)20)10-19-14-8-11(2)13(18)9-16(14)21-3/h5-9,19-20H,4,10H2,1-3H3. The zero-order valence-electron chi connectivity index (χ0n) is 12.9. The second-order valence-electron chi connectivity index (χ2n) is 4.85. The number of phenolic OH excluding ortho intramolecular Hbond substituents is 1. The summed E-state index contributed by atoms with van der Waals surface area (Å²) in [7, 11) is 1.60. The number of hydrogen-bond acceptors (Lipinski definition) is 4. The lowest BCUT2D eigenvalue weighted by atomic mass is 10.1. The van der Waals surface area contributed by atoms with Crippen molar-refractivity contribution >= 4 is 17.3 Å². The van der Waals surface area contributed by atoms with Crippen molar-refractivity contribution in [1.82, 2.24) is 0 Å². The van der Waals surface area contributed by atoms with Crippen molar-refractivity contribution in [2.45, 2.75) is 20.4 Å². The van der Waals surface area contributed by atoms with Gasteiger partial charge in [-0.15, -0.1) is 0 Å². The second-order valence-corrected chi connectivity index (χ2v) is 5.26. The maximum absolute atomic E-state index is 10.2. The third-order valence-electron chi connectivity index (χ3n) is 3.33. The van der Waals surface area contributed by atoms with Crippen molar-refractivity contribution < 1.29 is 14.6 Å². The lowest BCUT2D eigenvalue weighted by Gasteiger charge is -2.15. The molecule has 0 unspecified atom stereocenters. The first-order chi connectivity index (χ1) is 10.6. The zero-order chi connectivity index (χ0) is 16.1. The molecule has 0 bridgehead atoms. The molecule has 118 valence electrons. The highest BCUT2D eigenvalue weighted by molar-refractivity contribution is 6.31. The number of nitrogens with one attached hydrogen (secondary N) is 1. The molecule has 0 aliphatic heterocycles. The van der Waals surface area contributed by atoms with Crippen molar-refractivity contribution in [3.05, 3.63) is 46.5 Å². The van der Waals surface area contributed by atoms with E-state index in [0.29, 0.717) is 29.7 Å². The predicted molar refractivity (Wildman–Crippen MR) is 89.3 cm³/mol. The van der Waals surface area contributed by atoms with Crippen molar-refractivity contribution in [2.24, 2.45) is 0 Å². The minimum absolute atomic E-state index is 0.154. The van der Waals surface area contributed by atoms with Gasteiger partial charge in [0.05, 0.1) is 19.4 Å². The van der Waals surface area contributed by atoms with E-state index >= 15 is 0 Å². The van der Waals surface area contributed by atoms with Gasteiger partial charge in [-0.1, -0.05) is 23.7 Å². The summed E-state index contributed by atoms with van der Waals surface area (Å²) in [5, 5.41) is 14.1. The fourth-order valence-electron chi connectivity index (χ4n) is 2.14. The molecule has 0 radical (unpaired) electrons. The third kappa shape index (κ3) is 3.57. The number of para-hydroxylation sites is 1. The maximum Gasteiger partial charge on any atom is 0.162 e. The largest absolute Gasteiger partial charge is 0.504 e. The van der Waals surface area contributed by atoms with Crippen molar-refractivity contribution in [1.29, 1.82) is 0 Å². The van der Waals surface area contributed by atoms with Gasteiger partial charge in [-0.25, -0.2) is 0 Å². The van der Waals surface area contributed by atoms with Crippen LogP contribution in [0, 0.1) is 6.92 Å². The van der Waals surface area contributed by atoms with Crippen LogP contribution in [0.25, 0.3) is 0 Å². The van der Waals surface area contributed by atoms with Gasteiger partial charge in [0.25, 0.3) is 0 Å². The molecule has 2 aromatic rings. The van der Waals surface area contributed by atoms with E-state index in [1.165, 1.54) is 0 Å². The van der Waals surface area contributed by atoms with Gasteiger partial charge >= 0.3 is 0 Å². The van der Waals surface area contributed by atoms with Gasteiger partial charge in [0.1, 0.15) is 5.75 Å². The van der Waals surface area contributed by atoms with Crippen molar-refractivity contribution in [3.8, 4) is 17.2 Å². The molecule has 0 atom stereocenters. The van der Waals surface area contributed by atoms with Crippen molar-refractivity contribution in [3.63, 3.8) is 0 Å². The Morgan fingerprint density at radius 2 is 2.00 bits per heavy atom. The second kappa shape index (κ2) is 7.27. The molecule has 0 aromatic heterocycles. The Morgan fingerprint density at radius 1 is 1.23 bits per heavy atom. The zero-order valence-corrected chi connectivity index (χ0v) is 13.7. The van der Waals surface area contributed by atoms with E-state index in [0.717, 1.165) is 16.8 Å². The molecular weight excluding hydrogens is 302 g/mol. The monoisotopic (exact) mass is 321 g/mol. The average Bonchev–Trinajstić information content (AvgIpc) is 2.51. The van der Waals surface area contributed by atoms with Crippen LogP contribution >= 0.6 is 11.6 Å². The predicted octanol–water partition coefficient (Wildman–Crippen LogP) is 4.37. The molecule has 2 N–H and O–H groups in total. The summed E-state index contributed by atoms with van der Waals surface area (Å²) < 4.78 is 10.7. The molecule has 22 heavy (non-hydrogen) atoms. The Bertz CT molecular complexity index is 659. The van der Waals surface area contributed by atoms with Crippen LogP contribution in [-0.2, 0) is 6.54 Å². The lowest BCUT2D eigenvalue weighted by Crippen LogP contribution is -2.03. The van der Waals surface area contributed by atoms with E-state index < -0.39 is 0 Å². The Morgan fingerprint density at radius 3 is 2.68 bits per heavy atom. The van der Waals surface area contributed by atoms with E-state index in [2.05, 4.69) is 5.32 Å². The molecule has 0 heterocycles. The molecule has 0 amide bonds. The molecule has 2 rings (SSSR count). The number of rotatable bonds is 6. The van der Waals surface area contributed by atoms with Crippen LogP contribution in [0.15, 0.2) is 30.3 Å². The number of ether oxygens (including phenoxy) is 2. The number of aryl methyl sites for hydroxylation is 1. The summed E-state index contributed by atoms with van der Waals surface area (Å²) in [4.78, 5) is 0. The summed E-state index contributed by atoms with van der Waals surface area (Å²) in [6.45, 7) is 4.77. The highest BCUT2D eigenvalue weighted by Crippen LogP contribution is 2.33. The van der Waals surface area contributed by atoms with Crippen LogP contribution in [0.3, 0.4) is 0 Å². The summed E-state index contributed by atoms with van der Waals surface area (Å²) in [5.74, 6) is 1.30. The summed E-state index contributed by atoms with van der Waals surface area (Å²) >= 11 is 6.10. The minimum atomic E-state index is 0.154. The Balaban J connectivity index is 2.20. The van der Waals surface area contributed by atoms with E-state index in [4.69, 9.17) is 21.1 Å². The Kier molecular flexibility index (Phi) is 5.39. The van der Waals surface area contributed by atoms with Gasteiger partial charge in [0.15, 0.2) is 11.5 Å². The van der Waals surface area contributed by atoms with Crippen LogP contribution in [0.2, 0.25) is 5.02 Å². The van der Waals surface area contributed by atoms with Gasteiger partial charge in [0.2, 0.25) is 0 Å². The van der Waals surface area contributed by atoms with Gasteiger partial charge in [-0.3, -0.25) is 0 Å². The fraction of sp³-hybridized carbons (Fsp3) is 0.294. The molecule has 0 spiro atoms. The fourth-order valence-corrected chi connectivity index (χ4v) is 2.30. The molecule has 4 nitrogen and oxygen atoms in total. The summed E-state index contributed by atoms with van der Waals surface area (Å²) in [6.07, 6.45) is 0. The van der Waals surface area contributed by atoms with Crippen LogP contribution in [-0.4, -0.2) is 18.8 Å². The first-order valence-electron chi connectivity index (χ1n) is 7.08. The highest BCUT2D eigenvalue weighted by Gasteiger charge is 2.10. The number of phenols is 1. The molecule has 0 saturated carbocycles. The van der Waals surface area contributed by atoms with Gasteiger partial charge in [-0.05, 0) is 31.5 Å². The number of methoxy groups -OCH3 is 1. The average molecular weight is 322 g/mol. The highest BCUT2D eigenvalue weighted by atomic mass is 35.5. The molecule has 0 aliphatic carbocycles. The van der Waals surface area contributed by atoms with E-state index in [1.54, 1.807) is 19.2 Å².